The van der Waals surface area contributed by atoms with Gasteiger partial charge in [0.25, 0.3) is 5.91 Å². The first-order chi connectivity index (χ1) is 15.1. The summed E-state index contributed by atoms with van der Waals surface area (Å²) in [5, 5.41) is 9.26. The largest absolute Gasteiger partial charge is 0.497 e. The van der Waals surface area contributed by atoms with E-state index in [2.05, 4.69) is 32.8 Å². The maximum atomic E-state index is 12.9. The first-order valence-corrected chi connectivity index (χ1v) is 10.9. The zero-order valence-corrected chi connectivity index (χ0v) is 18.2. The van der Waals surface area contributed by atoms with Gasteiger partial charge in [-0.05, 0) is 37.5 Å². The van der Waals surface area contributed by atoms with Crippen LogP contribution in [0.15, 0.2) is 36.5 Å². The van der Waals surface area contributed by atoms with E-state index in [-0.39, 0.29) is 29.6 Å². The molecule has 2 unspecified atom stereocenters. The van der Waals surface area contributed by atoms with Crippen LogP contribution >= 0.6 is 0 Å². The van der Waals surface area contributed by atoms with E-state index in [1.165, 1.54) is 0 Å². The van der Waals surface area contributed by atoms with Crippen LogP contribution < -0.4 is 20.7 Å². The van der Waals surface area contributed by atoms with E-state index in [1.807, 2.05) is 24.3 Å². The highest BCUT2D eigenvalue weighted by Crippen LogP contribution is 2.21. The monoisotopic (exact) mass is 425 g/mol. The van der Waals surface area contributed by atoms with E-state index in [1.54, 1.807) is 19.4 Å². The van der Waals surface area contributed by atoms with E-state index in [9.17, 15) is 9.59 Å². The van der Waals surface area contributed by atoms with Gasteiger partial charge in [-0.15, -0.1) is 0 Å². The molecular formula is C23H31N5O3. The van der Waals surface area contributed by atoms with Crippen molar-refractivity contribution in [3.63, 3.8) is 0 Å². The first-order valence-electron chi connectivity index (χ1n) is 10.9. The molecule has 31 heavy (non-hydrogen) atoms. The number of carbonyl (C=O) groups excluding carboxylic acids is 2. The fourth-order valence-electron chi connectivity index (χ4n) is 3.71. The summed E-state index contributed by atoms with van der Waals surface area (Å²) in [4.78, 5) is 33.6. The number of anilines is 2. The van der Waals surface area contributed by atoms with Gasteiger partial charge in [0.05, 0.1) is 7.11 Å². The van der Waals surface area contributed by atoms with Crippen molar-refractivity contribution in [1.29, 1.82) is 0 Å². The summed E-state index contributed by atoms with van der Waals surface area (Å²) in [6, 6.07) is 8.84. The van der Waals surface area contributed by atoms with Crippen molar-refractivity contribution >= 4 is 23.5 Å². The third kappa shape index (κ3) is 6.67. The number of aromatic nitrogens is 2. The molecule has 166 valence electrons. The minimum absolute atomic E-state index is 0.0433. The fraction of sp³-hybridized carbons (Fsp3) is 0.478. The Hall–Kier alpha value is -3.16. The second kappa shape index (κ2) is 11.3. The highest BCUT2D eigenvalue weighted by molar-refractivity contribution is 5.92. The molecule has 0 saturated heterocycles. The van der Waals surface area contributed by atoms with Crippen molar-refractivity contribution in [3.8, 4) is 5.75 Å². The molecule has 3 N–H and O–H groups in total. The van der Waals surface area contributed by atoms with Crippen LogP contribution in [0, 0.1) is 0 Å². The molecule has 1 aromatic carbocycles. The topological polar surface area (TPSA) is 105 Å². The maximum absolute atomic E-state index is 12.9. The van der Waals surface area contributed by atoms with Crippen molar-refractivity contribution in [2.45, 2.75) is 64.0 Å². The maximum Gasteiger partial charge on any atom is 0.270 e. The van der Waals surface area contributed by atoms with Crippen LogP contribution in [0.5, 0.6) is 5.75 Å². The summed E-state index contributed by atoms with van der Waals surface area (Å²) in [7, 11) is 1.60. The van der Waals surface area contributed by atoms with Gasteiger partial charge in [-0.3, -0.25) is 9.59 Å². The molecule has 0 aliphatic heterocycles. The Labute approximate surface area is 183 Å². The average Bonchev–Trinajstić information content (AvgIpc) is 2.79. The van der Waals surface area contributed by atoms with Crippen LogP contribution in [0.25, 0.3) is 0 Å². The van der Waals surface area contributed by atoms with E-state index in [0.717, 1.165) is 44.2 Å². The Bertz CT molecular complexity index is 889. The van der Waals surface area contributed by atoms with E-state index < -0.39 is 0 Å². The van der Waals surface area contributed by atoms with Crippen LogP contribution in [0.4, 0.5) is 11.6 Å². The van der Waals surface area contributed by atoms with Crippen LogP contribution in [0.1, 0.15) is 62.4 Å². The molecule has 2 amide bonds. The third-order valence-corrected chi connectivity index (χ3v) is 5.40. The average molecular weight is 426 g/mol. The second-order valence-corrected chi connectivity index (χ2v) is 7.76. The number of amides is 2. The Balaban J connectivity index is 1.63. The van der Waals surface area contributed by atoms with Gasteiger partial charge < -0.3 is 20.7 Å². The van der Waals surface area contributed by atoms with Crippen molar-refractivity contribution in [2.24, 2.45) is 0 Å². The minimum atomic E-state index is -0.268. The molecule has 1 aromatic heterocycles. The SMILES string of the molecule is CCCCC(=O)NC1CCCCC1NC(=O)c1ccnc(Nc2cccc(OC)c2)n1. The number of benzene rings is 1. The lowest BCUT2D eigenvalue weighted by Crippen LogP contribution is -2.53. The summed E-state index contributed by atoms with van der Waals surface area (Å²) in [5.41, 5.74) is 1.04. The van der Waals surface area contributed by atoms with Gasteiger partial charge in [0, 0.05) is 36.5 Å². The summed E-state index contributed by atoms with van der Waals surface area (Å²) in [5.74, 6) is 0.827. The lowest BCUT2D eigenvalue weighted by molar-refractivity contribution is -0.122. The predicted molar refractivity (Wildman–Crippen MR) is 119 cm³/mol. The number of ether oxygens (including phenoxy) is 1. The van der Waals surface area contributed by atoms with E-state index >= 15 is 0 Å². The number of nitrogens with zero attached hydrogens (tertiary/aromatic N) is 2. The van der Waals surface area contributed by atoms with Crippen molar-refractivity contribution in [1.82, 2.24) is 20.6 Å². The molecule has 3 rings (SSSR count). The number of unbranched alkanes of at least 4 members (excludes halogenated alkanes) is 1. The van der Waals surface area contributed by atoms with Crippen molar-refractivity contribution < 1.29 is 14.3 Å². The number of nitrogens with one attached hydrogen (secondary N) is 3. The molecule has 1 aliphatic rings. The lowest BCUT2D eigenvalue weighted by atomic mass is 9.90. The summed E-state index contributed by atoms with van der Waals surface area (Å²) >= 11 is 0. The molecule has 1 fully saturated rings. The van der Waals surface area contributed by atoms with Gasteiger partial charge in [0.2, 0.25) is 11.9 Å². The lowest BCUT2D eigenvalue weighted by Gasteiger charge is -2.32. The molecule has 1 saturated carbocycles. The number of methoxy groups -OCH3 is 1. The van der Waals surface area contributed by atoms with Crippen LogP contribution in [-0.4, -0.2) is 41.0 Å². The van der Waals surface area contributed by atoms with E-state index in [4.69, 9.17) is 4.74 Å². The number of carbonyl (C=O) groups is 2. The van der Waals surface area contributed by atoms with Crippen molar-refractivity contribution in [2.75, 3.05) is 12.4 Å². The molecule has 8 nitrogen and oxygen atoms in total. The summed E-state index contributed by atoms with van der Waals surface area (Å²) < 4.78 is 5.22. The predicted octanol–water partition coefficient (Wildman–Crippen LogP) is 3.58. The van der Waals surface area contributed by atoms with Crippen molar-refractivity contribution in [3.05, 3.63) is 42.2 Å². The molecular weight excluding hydrogens is 394 g/mol. The smallest absolute Gasteiger partial charge is 0.270 e. The molecule has 2 aromatic rings. The Kier molecular flexibility index (Phi) is 8.20. The molecule has 1 heterocycles. The first kappa shape index (κ1) is 22.5. The van der Waals surface area contributed by atoms with Gasteiger partial charge in [-0.2, -0.15) is 0 Å². The molecule has 1 aliphatic carbocycles. The summed E-state index contributed by atoms with van der Waals surface area (Å²) in [6.07, 6.45) is 7.72. The highest BCUT2D eigenvalue weighted by atomic mass is 16.5. The van der Waals surface area contributed by atoms with Gasteiger partial charge in [-0.1, -0.05) is 32.3 Å². The van der Waals surface area contributed by atoms with Crippen LogP contribution in [0.2, 0.25) is 0 Å². The zero-order chi connectivity index (χ0) is 22.1. The Morgan fingerprint density at radius 1 is 1.13 bits per heavy atom. The normalized spacial score (nSPS) is 18.1. The van der Waals surface area contributed by atoms with Gasteiger partial charge in [0.1, 0.15) is 11.4 Å². The fourth-order valence-corrected chi connectivity index (χ4v) is 3.71. The number of hydrogen-bond acceptors (Lipinski definition) is 6. The van der Waals surface area contributed by atoms with Gasteiger partial charge in [0.15, 0.2) is 0 Å². The minimum Gasteiger partial charge on any atom is -0.497 e. The molecule has 2 atom stereocenters. The number of hydrogen-bond donors (Lipinski definition) is 3. The molecule has 0 spiro atoms. The summed E-state index contributed by atoms with van der Waals surface area (Å²) in [6.45, 7) is 2.07. The molecule has 0 bridgehead atoms. The quantitative estimate of drug-likeness (QED) is 0.567. The van der Waals surface area contributed by atoms with Crippen LogP contribution in [-0.2, 0) is 4.79 Å². The van der Waals surface area contributed by atoms with E-state index in [0.29, 0.717) is 18.1 Å². The molecule has 0 radical (unpaired) electrons. The Morgan fingerprint density at radius 3 is 2.65 bits per heavy atom. The second-order valence-electron chi connectivity index (χ2n) is 7.76. The number of rotatable bonds is 9. The third-order valence-electron chi connectivity index (χ3n) is 5.40. The standard InChI is InChI=1S/C23H31N5O3/c1-3-4-12-21(29)26-18-10-5-6-11-19(18)27-22(30)20-13-14-24-23(28-20)25-16-8-7-9-17(15-16)31-2/h7-9,13-15,18-19H,3-6,10-12H2,1-2H3,(H,26,29)(H,27,30)(H,24,25,28). The zero-order valence-electron chi connectivity index (χ0n) is 18.2. The van der Waals surface area contributed by atoms with Gasteiger partial charge in [-0.25, -0.2) is 9.97 Å². The molecule has 8 heteroatoms. The van der Waals surface area contributed by atoms with Crippen LogP contribution in [0.3, 0.4) is 0 Å². The Morgan fingerprint density at radius 2 is 1.90 bits per heavy atom. The highest BCUT2D eigenvalue weighted by Gasteiger charge is 2.28. The van der Waals surface area contributed by atoms with Gasteiger partial charge >= 0.3 is 0 Å².